The van der Waals surface area contributed by atoms with Gasteiger partial charge in [-0.15, -0.1) is 0 Å². The Morgan fingerprint density at radius 2 is 1.88 bits per heavy atom. The highest BCUT2D eigenvalue weighted by atomic mass is 32.2. The number of rotatable bonds is 10. The molecule has 1 saturated carbocycles. The van der Waals surface area contributed by atoms with Crippen LogP contribution in [0, 0.1) is 0 Å². The highest BCUT2D eigenvalue weighted by Crippen LogP contribution is 2.36. The number of carbonyl (C=O) groups excluding carboxylic acids is 1. The fourth-order valence-electron chi connectivity index (χ4n) is 4.56. The smallest absolute Gasteiger partial charge is 0.231 e. The van der Waals surface area contributed by atoms with E-state index in [9.17, 15) is 13.2 Å². The van der Waals surface area contributed by atoms with Gasteiger partial charge in [0, 0.05) is 12.6 Å². The number of hydrogen-bond acceptors (Lipinski definition) is 6. The summed E-state index contributed by atoms with van der Waals surface area (Å²) in [4.78, 5) is 12.0. The molecule has 2 aromatic rings. The first-order valence-electron chi connectivity index (χ1n) is 11.3. The Balaban J connectivity index is 1.20. The van der Waals surface area contributed by atoms with Gasteiger partial charge in [0.2, 0.25) is 22.7 Å². The van der Waals surface area contributed by atoms with Crippen molar-refractivity contribution in [2.24, 2.45) is 5.14 Å². The van der Waals surface area contributed by atoms with Crippen LogP contribution in [-0.2, 0) is 27.7 Å². The predicted octanol–water partition coefficient (Wildman–Crippen LogP) is 1.83. The first-order valence-corrected chi connectivity index (χ1v) is 13.1. The summed E-state index contributed by atoms with van der Waals surface area (Å²) in [6, 6.07) is 14.7. The van der Waals surface area contributed by atoms with Crippen LogP contribution >= 0.6 is 0 Å². The SMILES string of the molecule is NS(=O)(=O)CCNC(=O)Cc1ccc([C@@H]2CC[C@H](NCCc3cccc4c3OCO4)C2)cc1. The number of nitrogens with one attached hydrogen (secondary N) is 2. The van der Waals surface area contributed by atoms with E-state index < -0.39 is 10.0 Å². The second kappa shape index (κ2) is 10.5. The average molecular weight is 474 g/mol. The largest absolute Gasteiger partial charge is 0.454 e. The molecule has 2 aromatic carbocycles. The number of sulfonamides is 1. The topological polar surface area (TPSA) is 120 Å². The van der Waals surface area contributed by atoms with Crippen molar-refractivity contribution in [3.63, 3.8) is 0 Å². The third kappa shape index (κ3) is 6.69. The van der Waals surface area contributed by atoms with Gasteiger partial charge < -0.3 is 20.1 Å². The molecule has 1 aliphatic heterocycles. The van der Waals surface area contributed by atoms with Crippen LogP contribution in [0.3, 0.4) is 0 Å². The molecule has 4 N–H and O–H groups in total. The van der Waals surface area contributed by atoms with Gasteiger partial charge in [-0.05, 0) is 60.9 Å². The van der Waals surface area contributed by atoms with Gasteiger partial charge in [0.15, 0.2) is 11.5 Å². The zero-order valence-electron chi connectivity index (χ0n) is 18.6. The van der Waals surface area contributed by atoms with E-state index in [1.54, 1.807) is 0 Å². The van der Waals surface area contributed by atoms with Gasteiger partial charge in [-0.3, -0.25) is 4.79 Å². The van der Waals surface area contributed by atoms with E-state index in [0.29, 0.717) is 18.8 Å². The first-order chi connectivity index (χ1) is 15.9. The van der Waals surface area contributed by atoms with Crippen molar-refractivity contribution in [1.82, 2.24) is 10.6 Å². The number of primary sulfonamides is 1. The quantitative estimate of drug-likeness (QED) is 0.484. The lowest BCUT2D eigenvalue weighted by atomic mass is 9.96. The van der Waals surface area contributed by atoms with Gasteiger partial charge in [0.25, 0.3) is 0 Å². The first kappa shape index (κ1) is 23.5. The Kier molecular flexibility index (Phi) is 7.52. The standard InChI is InChI=1S/C24H31N3O5S/c25-33(29,30)13-12-27-23(28)14-17-4-6-18(7-5-17)20-8-9-21(15-20)26-11-10-19-2-1-3-22-24(19)32-16-31-22/h1-7,20-21,26H,8-16H2,(H,27,28)(H2,25,29,30)/t20-,21+/m1/s1. The van der Waals surface area contributed by atoms with E-state index in [2.05, 4.69) is 28.8 Å². The van der Waals surface area contributed by atoms with Crippen molar-refractivity contribution in [2.45, 2.75) is 44.1 Å². The normalized spacial score (nSPS) is 19.5. The number of nitrogens with two attached hydrogens (primary N) is 1. The number of para-hydroxylation sites is 1. The van der Waals surface area contributed by atoms with Crippen molar-refractivity contribution in [3.05, 3.63) is 59.2 Å². The molecule has 2 aliphatic rings. The Bertz CT molecular complexity index is 1070. The molecule has 0 bridgehead atoms. The Morgan fingerprint density at radius 1 is 1.06 bits per heavy atom. The molecular weight excluding hydrogens is 442 g/mol. The summed E-state index contributed by atoms with van der Waals surface area (Å²) in [7, 11) is -3.57. The van der Waals surface area contributed by atoms with Crippen molar-refractivity contribution in [1.29, 1.82) is 0 Å². The summed E-state index contributed by atoms with van der Waals surface area (Å²) in [5.74, 6) is 1.75. The van der Waals surface area contributed by atoms with Gasteiger partial charge in [-0.2, -0.15) is 0 Å². The molecule has 9 heteroatoms. The minimum atomic E-state index is -3.57. The van der Waals surface area contributed by atoms with Crippen LogP contribution < -0.4 is 25.2 Å². The molecule has 178 valence electrons. The van der Waals surface area contributed by atoms with Crippen molar-refractivity contribution in [3.8, 4) is 11.5 Å². The van der Waals surface area contributed by atoms with Crippen LogP contribution in [0.5, 0.6) is 11.5 Å². The van der Waals surface area contributed by atoms with Crippen LogP contribution in [0.2, 0.25) is 0 Å². The lowest BCUT2D eigenvalue weighted by Gasteiger charge is -2.15. The van der Waals surface area contributed by atoms with Crippen molar-refractivity contribution < 1.29 is 22.7 Å². The average Bonchev–Trinajstić information content (AvgIpc) is 3.43. The highest BCUT2D eigenvalue weighted by Gasteiger charge is 2.25. The fourth-order valence-corrected chi connectivity index (χ4v) is 4.94. The van der Waals surface area contributed by atoms with Gasteiger partial charge in [0.05, 0.1) is 12.2 Å². The summed E-state index contributed by atoms with van der Waals surface area (Å²) in [5, 5.41) is 11.2. The number of benzene rings is 2. The van der Waals surface area contributed by atoms with Crippen molar-refractivity contribution in [2.75, 3.05) is 25.6 Å². The molecule has 0 radical (unpaired) electrons. The third-order valence-electron chi connectivity index (χ3n) is 6.26. The molecular formula is C24H31N3O5S. The number of amides is 1. The van der Waals surface area contributed by atoms with Gasteiger partial charge in [-0.1, -0.05) is 36.4 Å². The van der Waals surface area contributed by atoms with Crippen LogP contribution in [0.1, 0.15) is 41.9 Å². The third-order valence-corrected chi connectivity index (χ3v) is 7.04. The maximum atomic E-state index is 12.0. The molecule has 8 nitrogen and oxygen atoms in total. The summed E-state index contributed by atoms with van der Waals surface area (Å²) < 4.78 is 32.9. The molecule has 2 atom stereocenters. The minimum Gasteiger partial charge on any atom is -0.454 e. The Hall–Kier alpha value is -2.62. The summed E-state index contributed by atoms with van der Waals surface area (Å²) in [6.07, 6.45) is 4.51. The maximum Gasteiger partial charge on any atom is 0.231 e. The molecule has 0 aromatic heterocycles. The second-order valence-corrected chi connectivity index (χ2v) is 10.4. The Morgan fingerprint density at radius 3 is 2.67 bits per heavy atom. The molecule has 0 saturated heterocycles. The molecule has 0 spiro atoms. The van der Waals surface area contributed by atoms with E-state index in [0.717, 1.165) is 49.3 Å². The molecule has 1 heterocycles. The number of carbonyl (C=O) groups is 1. The van der Waals surface area contributed by atoms with E-state index in [-0.39, 0.29) is 24.6 Å². The zero-order chi connectivity index (χ0) is 23.3. The zero-order valence-corrected chi connectivity index (χ0v) is 19.4. The molecule has 4 rings (SSSR count). The summed E-state index contributed by atoms with van der Waals surface area (Å²) in [5.41, 5.74) is 3.38. The molecule has 33 heavy (non-hydrogen) atoms. The van der Waals surface area contributed by atoms with E-state index in [1.807, 2.05) is 24.3 Å². The van der Waals surface area contributed by atoms with Gasteiger partial charge >= 0.3 is 0 Å². The van der Waals surface area contributed by atoms with E-state index >= 15 is 0 Å². The molecule has 1 aliphatic carbocycles. The lowest BCUT2D eigenvalue weighted by molar-refractivity contribution is -0.120. The molecule has 0 unspecified atom stereocenters. The minimum absolute atomic E-state index is 0.0275. The number of ether oxygens (including phenoxy) is 2. The summed E-state index contributed by atoms with van der Waals surface area (Å²) in [6.45, 7) is 1.22. The van der Waals surface area contributed by atoms with Crippen LogP contribution in [0.4, 0.5) is 0 Å². The van der Waals surface area contributed by atoms with E-state index in [4.69, 9.17) is 14.6 Å². The molecule has 1 fully saturated rings. The maximum absolute atomic E-state index is 12.0. The Labute approximate surface area is 194 Å². The predicted molar refractivity (Wildman–Crippen MR) is 126 cm³/mol. The van der Waals surface area contributed by atoms with Gasteiger partial charge in [0.1, 0.15) is 0 Å². The monoisotopic (exact) mass is 473 g/mol. The van der Waals surface area contributed by atoms with Crippen LogP contribution in [0.25, 0.3) is 0 Å². The molecule has 1 amide bonds. The highest BCUT2D eigenvalue weighted by molar-refractivity contribution is 7.89. The lowest BCUT2D eigenvalue weighted by Crippen LogP contribution is -2.32. The second-order valence-electron chi connectivity index (χ2n) is 8.70. The number of hydrogen-bond donors (Lipinski definition) is 3. The van der Waals surface area contributed by atoms with Crippen molar-refractivity contribution >= 4 is 15.9 Å². The number of fused-ring (bicyclic) bond motifs is 1. The van der Waals surface area contributed by atoms with Gasteiger partial charge in [-0.25, -0.2) is 13.6 Å². The fraction of sp³-hybridized carbons (Fsp3) is 0.458. The van der Waals surface area contributed by atoms with Crippen LogP contribution in [0.15, 0.2) is 42.5 Å². The van der Waals surface area contributed by atoms with E-state index in [1.165, 1.54) is 11.1 Å². The summed E-state index contributed by atoms with van der Waals surface area (Å²) >= 11 is 0. The van der Waals surface area contributed by atoms with Crippen LogP contribution in [-0.4, -0.2) is 46.0 Å².